The molecule has 4 rings (SSSR count). The first kappa shape index (κ1) is 23.7. The Kier molecular flexibility index (Phi) is 6.64. The largest absolute Gasteiger partial charge is 0.496 e. The molecule has 3 aromatic carbocycles. The first-order valence-electron chi connectivity index (χ1n) is 10.9. The van der Waals surface area contributed by atoms with E-state index in [0.717, 1.165) is 4.90 Å². The number of rotatable bonds is 8. The summed E-state index contributed by atoms with van der Waals surface area (Å²) >= 11 is 0. The highest BCUT2D eigenvalue weighted by molar-refractivity contribution is 6.34. The van der Waals surface area contributed by atoms with Crippen molar-refractivity contribution in [2.24, 2.45) is 0 Å². The fourth-order valence-electron chi connectivity index (χ4n) is 3.80. The van der Waals surface area contributed by atoms with Crippen LogP contribution in [0.15, 0.2) is 60.7 Å². The van der Waals surface area contributed by atoms with Gasteiger partial charge in [-0.3, -0.25) is 14.4 Å². The number of ether oxygens (including phenoxy) is 3. The number of fused-ring (bicyclic) bond motifs is 1. The molecular formula is C27H23NO7. The smallest absolute Gasteiger partial charge is 0.338 e. The number of benzene rings is 3. The van der Waals surface area contributed by atoms with Gasteiger partial charge in [0.15, 0.2) is 5.78 Å². The summed E-state index contributed by atoms with van der Waals surface area (Å²) in [5.74, 6) is -0.701. The molecule has 0 spiro atoms. The van der Waals surface area contributed by atoms with Gasteiger partial charge in [-0.05, 0) is 74.5 Å². The fraction of sp³-hybridized carbons (Fsp3) is 0.185. The average Bonchev–Trinajstić information content (AvgIpc) is 3.12. The average molecular weight is 473 g/mol. The summed E-state index contributed by atoms with van der Waals surface area (Å²) in [6.07, 6.45) is 0. The minimum absolute atomic E-state index is 0.120. The van der Waals surface area contributed by atoms with Crippen LogP contribution in [0.2, 0.25) is 0 Å². The summed E-state index contributed by atoms with van der Waals surface area (Å²) in [5, 5.41) is 0. The predicted octanol–water partition coefficient (Wildman–Crippen LogP) is 4.45. The van der Waals surface area contributed by atoms with Crippen LogP contribution in [0.5, 0.6) is 11.5 Å². The number of Topliss-reactive ketones (excluding diaryl/α,β-unsaturated/α-hetero) is 1. The van der Waals surface area contributed by atoms with E-state index < -0.39 is 17.8 Å². The Balaban J connectivity index is 1.53. The standard InChI is InChI=1S/C27H23NO7/c1-4-34-21-9-7-20(8-10-21)28-25(30)22-11-5-18(14-23(22)26(28)31)27(32)35-15-19-13-17(16(2)29)6-12-24(19)33-3/h5-14H,4,15H2,1-3H3. The summed E-state index contributed by atoms with van der Waals surface area (Å²) in [7, 11) is 1.48. The third-order valence-electron chi connectivity index (χ3n) is 5.57. The highest BCUT2D eigenvalue weighted by Crippen LogP contribution is 2.30. The van der Waals surface area contributed by atoms with Gasteiger partial charge >= 0.3 is 5.97 Å². The Morgan fingerprint density at radius 3 is 2.20 bits per heavy atom. The maximum Gasteiger partial charge on any atom is 0.338 e. The molecule has 0 radical (unpaired) electrons. The van der Waals surface area contributed by atoms with Gasteiger partial charge in [0.25, 0.3) is 11.8 Å². The van der Waals surface area contributed by atoms with Gasteiger partial charge in [0.2, 0.25) is 0 Å². The molecule has 1 heterocycles. The van der Waals surface area contributed by atoms with E-state index in [1.165, 1.54) is 32.2 Å². The molecule has 0 aliphatic carbocycles. The number of amides is 2. The molecule has 1 aliphatic rings. The number of hydrogen-bond donors (Lipinski definition) is 0. The number of ketones is 1. The number of anilines is 1. The quantitative estimate of drug-likeness (QED) is 0.271. The highest BCUT2D eigenvalue weighted by atomic mass is 16.5. The Bertz CT molecular complexity index is 1330. The fourth-order valence-corrected chi connectivity index (χ4v) is 3.80. The third-order valence-corrected chi connectivity index (χ3v) is 5.57. The van der Waals surface area contributed by atoms with Crippen molar-refractivity contribution < 1.29 is 33.4 Å². The maximum absolute atomic E-state index is 13.0. The lowest BCUT2D eigenvalue weighted by atomic mass is 10.1. The molecule has 0 N–H and O–H groups in total. The van der Waals surface area contributed by atoms with Crippen LogP contribution in [0, 0.1) is 0 Å². The van der Waals surface area contributed by atoms with Crippen LogP contribution in [-0.4, -0.2) is 37.3 Å². The molecule has 3 aromatic rings. The van der Waals surface area contributed by atoms with E-state index in [0.29, 0.717) is 34.9 Å². The zero-order chi connectivity index (χ0) is 25.1. The number of carbonyl (C=O) groups is 4. The van der Waals surface area contributed by atoms with Crippen LogP contribution < -0.4 is 14.4 Å². The molecule has 0 fully saturated rings. The van der Waals surface area contributed by atoms with E-state index in [-0.39, 0.29) is 29.1 Å². The van der Waals surface area contributed by atoms with Gasteiger partial charge in [-0.25, -0.2) is 9.69 Å². The van der Waals surface area contributed by atoms with Gasteiger partial charge in [-0.2, -0.15) is 0 Å². The highest BCUT2D eigenvalue weighted by Gasteiger charge is 2.37. The van der Waals surface area contributed by atoms with Gasteiger partial charge in [-0.15, -0.1) is 0 Å². The number of imide groups is 1. The molecule has 8 nitrogen and oxygen atoms in total. The number of carbonyl (C=O) groups excluding carboxylic acids is 4. The molecule has 178 valence electrons. The molecule has 35 heavy (non-hydrogen) atoms. The Hall–Kier alpha value is -4.46. The van der Waals surface area contributed by atoms with Crippen LogP contribution in [0.3, 0.4) is 0 Å². The van der Waals surface area contributed by atoms with Gasteiger partial charge in [0.05, 0.1) is 36.1 Å². The van der Waals surface area contributed by atoms with E-state index in [1.54, 1.807) is 42.5 Å². The second-order valence-corrected chi connectivity index (χ2v) is 7.79. The number of nitrogens with zero attached hydrogens (tertiary/aromatic N) is 1. The van der Waals surface area contributed by atoms with Crippen molar-refractivity contribution in [3.05, 3.63) is 88.5 Å². The van der Waals surface area contributed by atoms with E-state index in [1.807, 2.05) is 6.92 Å². The zero-order valence-electron chi connectivity index (χ0n) is 19.5. The van der Waals surface area contributed by atoms with Crippen molar-refractivity contribution in [3.63, 3.8) is 0 Å². The summed E-state index contributed by atoms with van der Waals surface area (Å²) in [4.78, 5) is 51.4. The predicted molar refractivity (Wildman–Crippen MR) is 127 cm³/mol. The number of methoxy groups -OCH3 is 1. The van der Waals surface area contributed by atoms with Crippen LogP contribution in [0.25, 0.3) is 0 Å². The Morgan fingerprint density at radius 1 is 0.857 bits per heavy atom. The van der Waals surface area contributed by atoms with Gasteiger partial charge < -0.3 is 14.2 Å². The van der Waals surface area contributed by atoms with E-state index >= 15 is 0 Å². The first-order valence-corrected chi connectivity index (χ1v) is 10.9. The van der Waals surface area contributed by atoms with E-state index in [9.17, 15) is 19.2 Å². The van der Waals surface area contributed by atoms with Crippen molar-refractivity contribution >= 4 is 29.3 Å². The van der Waals surface area contributed by atoms with Crippen LogP contribution in [-0.2, 0) is 11.3 Å². The lowest BCUT2D eigenvalue weighted by Crippen LogP contribution is -2.29. The Morgan fingerprint density at radius 2 is 1.54 bits per heavy atom. The topological polar surface area (TPSA) is 99.2 Å². The lowest BCUT2D eigenvalue weighted by Gasteiger charge is -2.14. The molecule has 0 saturated heterocycles. The molecular weight excluding hydrogens is 450 g/mol. The minimum Gasteiger partial charge on any atom is -0.496 e. The summed E-state index contributed by atoms with van der Waals surface area (Å²) < 4.78 is 16.1. The molecule has 2 amide bonds. The van der Waals surface area contributed by atoms with Crippen molar-refractivity contribution in [2.75, 3.05) is 18.6 Å². The Labute approximate surface area is 202 Å². The van der Waals surface area contributed by atoms with Crippen molar-refractivity contribution in [2.45, 2.75) is 20.5 Å². The van der Waals surface area contributed by atoms with Crippen LogP contribution >= 0.6 is 0 Å². The number of hydrogen-bond acceptors (Lipinski definition) is 7. The van der Waals surface area contributed by atoms with Gasteiger partial charge in [0, 0.05) is 11.1 Å². The second kappa shape index (κ2) is 9.80. The summed E-state index contributed by atoms with van der Waals surface area (Å²) in [6, 6.07) is 15.7. The molecule has 0 atom stereocenters. The second-order valence-electron chi connectivity index (χ2n) is 7.79. The SMILES string of the molecule is CCOc1ccc(N2C(=O)c3ccc(C(=O)OCc4cc(C(C)=O)ccc4OC)cc3C2=O)cc1. The van der Waals surface area contributed by atoms with E-state index in [4.69, 9.17) is 14.2 Å². The lowest BCUT2D eigenvalue weighted by molar-refractivity contribution is 0.0470. The molecule has 0 bridgehead atoms. The molecule has 0 saturated carbocycles. The minimum atomic E-state index is -0.678. The van der Waals surface area contributed by atoms with E-state index in [2.05, 4.69) is 0 Å². The third kappa shape index (κ3) is 4.63. The van der Waals surface area contributed by atoms with Crippen LogP contribution in [0.4, 0.5) is 5.69 Å². The van der Waals surface area contributed by atoms with Gasteiger partial charge in [0.1, 0.15) is 18.1 Å². The molecule has 1 aliphatic heterocycles. The molecule has 0 unspecified atom stereocenters. The van der Waals surface area contributed by atoms with Crippen molar-refractivity contribution in [3.8, 4) is 11.5 Å². The summed E-state index contributed by atoms with van der Waals surface area (Å²) in [6.45, 7) is 3.67. The van der Waals surface area contributed by atoms with Crippen molar-refractivity contribution in [1.29, 1.82) is 0 Å². The zero-order valence-corrected chi connectivity index (χ0v) is 19.5. The van der Waals surface area contributed by atoms with Gasteiger partial charge in [-0.1, -0.05) is 0 Å². The molecule has 8 heteroatoms. The number of esters is 1. The maximum atomic E-state index is 13.0. The molecule has 0 aromatic heterocycles. The first-order chi connectivity index (χ1) is 16.8. The monoisotopic (exact) mass is 473 g/mol. The summed E-state index contributed by atoms with van der Waals surface area (Å²) in [5.41, 5.74) is 1.85. The normalized spacial score (nSPS) is 12.4. The van der Waals surface area contributed by atoms with Crippen LogP contribution in [0.1, 0.15) is 60.8 Å². The van der Waals surface area contributed by atoms with Crippen molar-refractivity contribution in [1.82, 2.24) is 0 Å².